The number of H-pyrrole nitrogens is 1. The number of carbonyl (C=O) groups excluding carboxylic acids is 1. The topological polar surface area (TPSA) is 74.8 Å². The van der Waals surface area contributed by atoms with Crippen molar-refractivity contribution in [3.8, 4) is 11.1 Å². The molecule has 0 spiro atoms. The van der Waals surface area contributed by atoms with E-state index < -0.39 is 0 Å². The number of anilines is 1. The van der Waals surface area contributed by atoms with E-state index in [9.17, 15) is 9.59 Å². The molecule has 0 radical (unpaired) electrons. The molecule has 0 saturated heterocycles. The minimum atomic E-state index is -0.321. The number of amides is 1. The fourth-order valence-electron chi connectivity index (χ4n) is 1.48. The van der Waals surface area contributed by atoms with Crippen molar-refractivity contribution >= 4 is 11.6 Å². The van der Waals surface area contributed by atoms with Crippen molar-refractivity contribution in [2.75, 3.05) is 5.32 Å². The Labute approximate surface area is 97.5 Å². The highest BCUT2D eigenvalue weighted by Crippen LogP contribution is 2.18. The third kappa shape index (κ3) is 2.57. The first-order chi connectivity index (χ1) is 8.16. The first-order valence-corrected chi connectivity index (χ1v) is 5.07. The summed E-state index contributed by atoms with van der Waals surface area (Å²) >= 11 is 0. The average Bonchev–Trinajstić information content (AvgIpc) is 2.32. The summed E-state index contributed by atoms with van der Waals surface area (Å²) in [6.45, 7) is 1.36. The highest BCUT2D eigenvalue weighted by Gasteiger charge is 2.04. The molecular weight excluding hydrogens is 218 g/mol. The van der Waals surface area contributed by atoms with Crippen LogP contribution in [0.4, 0.5) is 5.69 Å². The molecule has 2 aromatic rings. The van der Waals surface area contributed by atoms with Gasteiger partial charge in [0.15, 0.2) is 0 Å². The van der Waals surface area contributed by atoms with Crippen molar-refractivity contribution in [1.82, 2.24) is 9.97 Å². The van der Waals surface area contributed by atoms with E-state index in [4.69, 9.17) is 0 Å². The Hall–Kier alpha value is -2.43. The van der Waals surface area contributed by atoms with E-state index >= 15 is 0 Å². The van der Waals surface area contributed by atoms with E-state index in [-0.39, 0.29) is 17.2 Å². The normalized spacial score (nSPS) is 9.94. The van der Waals surface area contributed by atoms with Gasteiger partial charge in [-0.1, -0.05) is 0 Å². The molecule has 86 valence electrons. The molecule has 17 heavy (non-hydrogen) atoms. The van der Waals surface area contributed by atoms with E-state index in [2.05, 4.69) is 15.3 Å². The van der Waals surface area contributed by atoms with Crippen LogP contribution in [-0.2, 0) is 4.79 Å². The minimum absolute atomic E-state index is 0.242. The summed E-state index contributed by atoms with van der Waals surface area (Å²) in [5.74, 6) is -0.276. The lowest BCUT2D eigenvalue weighted by Gasteiger charge is -2.04. The summed E-state index contributed by atoms with van der Waals surface area (Å²) in [6.07, 6.45) is 4.93. The van der Waals surface area contributed by atoms with Gasteiger partial charge in [-0.3, -0.25) is 14.6 Å². The van der Waals surface area contributed by atoms with Crippen LogP contribution in [0.3, 0.4) is 0 Å². The van der Waals surface area contributed by atoms with Crippen molar-refractivity contribution in [3.63, 3.8) is 0 Å². The van der Waals surface area contributed by atoms with E-state index in [0.717, 1.165) is 11.1 Å². The van der Waals surface area contributed by atoms with Crippen molar-refractivity contribution < 1.29 is 4.79 Å². The number of pyridine rings is 2. The molecule has 0 atom stereocenters. The average molecular weight is 229 g/mol. The molecule has 0 saturated carbocycles. The molecule has 1 amide bonds. The van der Waals surface area contributed by atoms with Crippen molar-refractivity contribution in [3.05, 3.63) is 47.1 Å². The number of aromatic amines is 1. The minimum Gasteiger partial charge on any atom is -0.327 e. The maximum absolute atomic E-state index is 11.5. The third-order valence-electron chi connectivity index (χ3n) is 2.23. The van der Waals surface area contributed by atoms with Crippen molar-refractivity contribution in [1.29, 1.82) is 0 Å². The summed E-state index contributed by atoms with van der Waals surface area (Å²) < 4.78 is 0. The van der Waals surface area contributed by atoms with Crippen LogP contribution in [0.25, 0.3) is 11.1 Å². The third-order valence-corrected chi connectivity index (χ3v) is 2.23. The highest BCUT2D eigenvalue weighted by molar-refractivity contribution is 5.89. The number of rotatable bonds is 2. The zero-order valence-corrected chi connectivity index (χ0v) is 9.23. The summed E-state index contributed by atoms with van der Waals surface area (Å²) in [7, 11) is 0. The molecule has 2 heterocycles. The standard InChI is InChI=1S/C12H11N3O2/c1-8(16)15-11-6-10(7-14-12(11)17)9-2-4-13-5-3-9/h2-7H,1H3,(H,14,17)(H,15,16). The molecule has 0 bridgehead atoms. The molecule has 0 aliphatic carbocycles. The summed E-state index contributed by atoms with van der Waals surface area (Å²) in [6, 6.07) is 5.28. The van der Waals surface area contributed by atoms with Gasteiger partial charge in [-0.05, 0) is 23.8 Å². The molecule has 0 aromatic carbocycles. The van der Waals surface area contributed by atoms with Gasteiger partial charge in [-0.2, -0.15) is 0 Å². The molecule has 0 aliphatic heterocycles. The summed E-state index contributed by atoms with van der Waals surface area (Å²) in [5.41, 5.74) is 1.66. The van der Waals surface area contributed by atoms with Crippen molar-refractivity contribution in [2.45, 2.75) is 6.92 Å². The first-order valence-electron chi connectivity index (χ1n) is 5.07. The molecule has 0 fully saturated rings. The Balaban J connectivity index is 2.44. The van der Waals surface area contributed by atoms with Crippen LogP contribution < -0.4 is 10.9 Å². The molecule has 5 nitrogen and oxygen atoms in total. The van der Waals surface area contributed by atoms with Crippen molar-refractivity contribution in [2.24, 2.45) is 0 Å². The fraction of sp³-hybridized carbons (Fsp3) is 0.0833. The van der Waals surface area contributed by atoms with Crippen LogP contribution in [0.2, 0.25) is 0 Å². The Kier molecular flexibility index (Phi) is 3.00. The maximum atomic E-state index is 11.5. The summed E-state index contributed by atoms with van der Waals surface area (Å²) in [4.78, 5) is 28.9. The second-order valence-electron chi connectivity index (χ2n) is 3.55. The van der Waals surface area contributed by atoms with Gasteiger partial charge < -0.3 is 10.3 Å². The van der Waals surface area contributed by atoms with Gasteiger partial charge in [0.05, 0.1) is 0 Å². The molecule has 0 aliphatic rings. The number of nitrogens with one attached hydrogen (secondary N) is 2. The van der Waals surface area contributed by atoms with E-state index in [0.29, 0.717) is 0 Å². The molecule has 2 N–H and O–H groups in total. The lowest BCUT2D eigenvalue weighted by Crippen LogP contribution is -2.17. The van der Waals surface area contributed by atoms with Crippen LogP contribution in [0.5, 0.6) is 0 Å². The zero-order valence-electron chi connectivity index (χ0n) is 9.23. The Morgan fingerprint density at radius 3 is 2.65 bits per heavy atom. The number of hydrogen-bond acceptors (Lipinski definition) is 3. The van der Waals surface area contributed by atoms with Gasteiger partial charge in [-0.25, -0.2) is 0 Å². The second kappa shape index (κ2) is 4.61. The van der Waals surface area contributed by atoms with Crippen LogP contribution in [0.15, 0.2) is 41.6 Å². The fourth-order valence-corrected chi connectivity index (χ4v) is 1.48. The monoisotopic (exact) mass is 229 g/mol. The molecule has 0 unspecified atom stereocenters. The summed E-state index contributed by atoms with van der Waals surface area (Å²) in [5, 5.41) is 2.48. The van der Waals surface area contributed by atoms with Gasteiger partial charge in [0, 0.05) is 31.1 Å². The zero-order chi connectivity index (χ0) is 12.3. The van der Waals surface area contributed by atoms with Gasteiger partial charge in [0.1, 0.15) is 5.69 Å². The predicted octanol–water partition coefficient (Wildman–Crippen LogP) is 1.40. The number of nitrogens with zero attached hydrogens (tertiary/aromatic N) is 1. The Morgan fingerprint density at radius 1 is 1.29 bits per heavy atom. The van der Waals surface area contributed by atoms with Gasteiger partial charge in [0.2, 0.25) is 5.91 Å². The van der Waals surface area contributed by atoms with Crippen LogP contribution in [-0.4, -0.2) is 15.9 Å². The predicted molar refractivity (Wildman–Crippen MR) is 64.6 cm³/mol. The molecular formula is C12H11N3O2. The van der Waals surface area contributed by atoms with Crippen LogP contribution in [0.1, 0.15) is 6.92 Å². The van der Waals surface area contributed by atoms with E-state index in [1.54, 1.807) is 24.7 Å². The highest BCUT2D eigenvalue weighted by atomic mass is 16.2. The quantitative estimate of drug-likeness (QED) is 0.817. The largest absolute Gasteiger partial charge is 0.327 e. The lowest BCUT2D eigenvalue weighted by atomic mass is 10.1. The number of carbonyl (C=O) groups is 1. The molecule has 2 rings (SSSR count). The Morgan fingerprint density at radius 2 is 2.00 bits per heavy atom. The van der Waals surface area contributed by atoms with E-state index in [1.807, 2.05) is 12.1 Å². The molecule has 2 aromatic heterocycles. The SMILES string of the molecule is CC(=O)Nc1cc(-c2ccncc2)c[nH]c1=O. The number of aromatic nitrogens is 2. The first kappa shape index (κ1) is 11.1. The van der Waals surface area contributed by atoms with E-state index in [1.165, 1.54) is 6.92 Å². The maximum Gasteiger partial charge on any atom is 0.271 e. The smallest absolute Gasteiger partial charge is 0.271 e. The van der Waals surface area contributed by atoms with Gasteiger partial charge >= 0.3 is 0 Å². The second-order valence-corrected chi connectivity index (χ2v) is 3.55. The van der Waals surface area contributed by atoms with Gasteiger partial charge in [-0.15, -0.1) is 0 Å². The van der Waals surface area contributed by atoms with Crippen LogP contribution >= 0.6 is 0 Å². The lowest BCUT2D eigenvalue weighted by molar-refractivity contribution is -0.114. The van der Waals surface area contributed by atoms with Crippen LogP contribution in [0, 0.1) is 0 Å². The van der Waals surface area contributed by atoms with Gasteiger partial charge in [0.25, 0.3) is 5.56 Å². The molecule has 5 heteroatoms. The Bertz CT molecular complexity index is 590. The number of hydrogen-bond donors (Lipinski definition) is 2.